The van der Waals surface area contributed by atoms with Crippen molar-refractivity contribution >= 4 is 0 Å². The van der Waals surface area contributed by atoms with Crippen LogP contribution in [0.2, 0.25) is 0 Å². The van der Waals surface area contributed by atoms with Gasteiger partial charge < -0.3 is 5.11 Å². The molecule has 100 valence electrons. The summed E-state index contributed by atoms with van der Waals surface area (Å²) in [5.74, 6) is -0.282. The minimum absolute atomic E-state index is 0.282. The van der Waals surface area contributed by atoms with Gasteiger partial charge in [-0.2, -0.15) is 0 Å². The summed E-state index contributed by atoms with van der Waals surface area (Å²) in [6, 6.07) is 9.76. The molecular weight excluding hydrogens is 244 g/mol. The van der Waals surface area contributed by atoms with Gasteiger partial charge in [-0.05, 0) is 18.6 Å². The SMILES string of the molecule is CCCCn1c(O)cc(=O)n(-c2ccccc2)c1=O. The van der Waals surface area contributed by atoms with Gasteiger partial charge >= 0.3 is 5.69 Å². The second-order valence-electron chi connectivity index (χ2n) is 4.30. The summed E-state index contributed by atoms with van der Waals surface area (Å²) in [6.45, 7) is 2.39. The highest BCUT2D eigenvalue weighted by molar-refractivity contribution is 5.31. The van der Waals surface area contributed by atoms with Gasteiger partial charge in [0.15, 0.2) is 0 Å². The predicted molar refractivity (Wildman–Crippen MR) is 72.9 cm³/mol. The van der Waals surface area contributed by atoms with Crippen LogP contribution in [0.3, 0.4) is 0 Å². The molecule has 0 aliphatic carbocycles. The van der Waals surface area contributed by atoms with Gasteiger partial charge in [0.05, 0.1) is 11.8 Å². The van der Waals surface area contributed by atoms with Crippen molar-refractivity contribution in [2.45, 2.75) is 26.3 Å². The molecule has 0 amide bonds. The molecule has 0 aliphatic rings. The molecule has 5 nitrogen and oxygen atoms in total. The second-order valence-corrected chi connectivity index (χ2v) is 4.30. The number of hydrogen-bond donors (Lipinski definition) is 1. The number of nitrogens with zero attached hydrogens (tertiary/aromatic N) is 2. The van der Waals surface area contributed by atoms with Gasteiger partial charge in [-0.3, -0.25) is 9.36 Å². The van der Waals surface area contributed by atoms with Crippen LogP contribution in [-0.4, -0.2) is 14.2 Å². The van der Waals surface area contributed by atoms with Crippen LogP contribution < -0.4 is 11.2 Å². The number of benzene rings is 1. The lowest BCUT2D eigenvalue weighted by Crippen LogP contribution is -2.38. The van der Waals surface area contributed by atoms with E-state index in [1.165, 1.54) is 4.57 Å². The summed E-state index contributed by atoms with van der Waals surface area (Å²) < 4.78 is 2.28. The number of aromatic hydroxyl groups is 1. The molecule has 0 unspecified atom stereocenters. The van der Waals surface area contributed by atoms with Crippen molar-refractivity contribution in [3.05, 3.63) is 57.2 Å². The summed E-state index contributed by atoms with van der Waals surface area (Å²) in [6.07, 6.45) is 1.66. The largest absolute Gasteiger partial charge is 0.494 e. The first kappa shape index (κ1) is 13.1. The first-order chi connectivity index (χ1) is 9.15. The number of rotatable bonds is 4. The summed E-state index contributed by atoms with van der Waals surface area (Å²) in [5.41, 5.74) is -0.533. The summed E-state index contributed by atoms with van der Waals surface area (Å²) in [4.78, 5) is 24.2. The van der Waals surface area contributed by atoms with Crippen LogP contribution in [0.25, 0.3) is 5.69 Å². The molecule has 2 aromatic rings. The average Bonchev–Trinajstić information content (AvgIpc) is 2.39. The van der Waals surface area contributed by atoms with Crippen molar-refractivity contribution < 1.29 is 5.11 Å². The van der Waals surface area contributed by atoms with Crippen LogP contribution in [-0.2, 0) is 6.54 Å². The molecule has 0 atom stereocenters. The molecule has 1 N–H and O–H groups in total. The third-order valence-electron chi connectivity index (χ3n) is 2.92. The molecule has 1 heterocycles. The standard InChI is InChI=1S/C14H16N2O3/c1-2-3-9-15-12(17)10-13(18)16(14(15)19)11-7-5-4-6-8-11/h4-8,10,17H,2-3,9H2,1H3. The van der Waals surface area contributed by atoms with Gasteiger partial charge in [0.25, 0.3) is 5.56 Å². The van der Waals surface area contributed by atoms with Crippen molar-refractivity contribution in [3.63, 3.8) is 0 Å². The molecular formula is C14H16N2O3. The highest BCUT2D eigenvalue weighted by Gasteiger charge is 2.11. The van der Waals surface area contributed by atoms with E-state index in [1.807, 2.05) is 13.0 Å². The Bertz CT molecular complexity index is 671. The van der Waals surface area contributed by atoms with E-state index in [9.17, 15) is 14.7 Å². The van der Waals surface area contributed by atoms with Crippen molar-refractivity contribution in [2.75, 3.05) is 0 Å². The normalized spacial score (nSPS) is 10.6. The van der Waals surface area contributed by atoms with Crippen LogP contribution in [0.4, 0.5) is 0 Å². The first-order valence-electron chi connectivity index (χ1n) is 6.26. The van der Waals surface area contributed by atoms with E-state index >= 15 is 0 Å². The van der Waals surface area contributed by atoms with Gasteiger partial charge in [0, 0.05) is 6.54 Å². The van der Waals surface area contributed by atoms with Crippen molar-refractivity contribution in [1.82, 2.24) is 9.13 Å². The van der Waals surface area contributed by atoms with E-state index in [4.69, 9.17) is 0 Å². The second kappa shape index (κ2) is 5.56. The minimum atomic E-state index is -0.526. The van der Waals surface area contributed by atoms with E-state index in [0.717, 1.165) is 23.5 Å². The van der Waals surface area contributed by atoms with Crippen LogP contribution in [0.1, 0.15) is 19.8 Å². The Labute approximate surface area is 110 Å². The van der Waals surface area contributed by atoms with E-state index in [0.29, 0.717) is 12.2 Å². The topological polar surface area (TPSA) is 64.2 Å². The van der Waals surface area contributed by atoms with Crippen LogP contribution in [0, 0.1) is 0 Å². The Morgan fingerprint density at radius 2 is 1.84 bits per heavy atom. The molecule has 0 bridgehead atoms. The Morgan fingerprint density at radius 3 is 2.47 bits per heavy atom. The number of unbranched alkanes of at least 4 members (excludes halogenated alkanes) is 1. The number of para-hydroxylation sites is 1. The van der Waals surface area contributed by atoms with Crippen LogP contribution in [0.5, 0.6) is 5.88 Å². The predicted octanol–water partition coefficient (Wildman–Crippen LogP) is 1.50. The molecule has 19 heavy (non-hydrogen) atoms. The molecule has 1 aromatic heterocycles. The van der Waals surface area contributed by atoms with Crippen molar-refractivity contribution in [2.24, 2.45) is 0 Å². The Kier molecular flexibility index (Phi) is 3.85. The third-order valence-corrected chi connectivity index (χ3v) is 2.92. The zero-order valence-electron chi connectivity index (χ0n) is 10.7. The molecule has 0 saturated heterocycles. The Balaban J connectivity index is 2.62. The lowest BCUT2D eigenvalue weighted by molar-refractivity contribution is 0.391. The van der Waals surface area contributed by atoms with Gasteiger partial charge in [0.1, 0.15) is 0 Å². The molecule has 5 heteroatoms. The van der Waals surface area contributed by atoms with Crippen molar-refractivity contribution in [3.8, 4) is 11.6 Å². The fraction of sp³-hybridized carbons (Fsp3) is 0.286. The summed E-state index contributed by atoms with van der Waals surface area (Å²) in [5, 5.41) is 9.72. The quantitative estimate of drug-likeness (QED) is 0.906. The zero-order chi connectivity index (χ0) is 13.8. The molecule has 0 radical (unpaired) electrons. The van der Waals surface area contributed by atoms with E-state index in [2.05, 4.69) is 0 Å². The van der Waals surface area contributed by atoms with E-state index < -0.39 is 11.2 Å². The number of hydrogen-bond acceptors (Lipinski definition) is 3. The maximum absolute atomic E-state index is 12.3. The van der Waals surface area contributed by atoms with E-state index in [-0.39, 0.29) is 5.88 Å². The maximum atomic E-state index is 12.3. The molecule has 1 aromatic carbocycles. The third kappa shape index (κ3) is 2.59. The molecule has 0 saturated carbocycles. The smallest absolute Gasteiger partial charge is 0.338 e. The van der Waals surface area contributed by atoms with Gasteiger partial charge in [-0.1, -0.05) is 31.5 Å². The summed E-state index contributed by atoms with van der Waals surface area (Å²) in [7, 11) is 0. The van der Waals surface area contributed by atoms with Gasteiger partial charge in [0.2, 0.25) is 5.88 Å². The number of aromatic nitrogens is 2. The summed E-state index contributed by atoms with van der Waals surface area (Å²) >= 11 is 0. The van der Waals surface area contributed by atoms with Crippen LogP contribution in [0.15, 0.2) is 46.0 Å². The highest BCUT2D eigenvalue weighted by atomic mass is 16.3. The van der Waals surface area contributed by atoms with Crippen LogP contribution >= 0.6 is 0 Å². The Hall–Kier alpha value is -2.30. The van der Waals surface area contributed by atoms with Gasteiger partial charge in [-0.25, -0.2) is 9.36 Å². The average molecular weight is 260 g/mol. The molecule has 0 fully saturated rings. The lowest BCUT2D eigenvalue weighted by Gasteiger charge is -2.11. The molecule has 0 aliphatic heterocycles. The fourth-order valence-electron chi connectivity index (χ4n) is 1.91. The van der Waals surface area contributed by atoms with Gasteiger partial charge in [-0.15, -0.1) is 0 Å². The molecule has 2 rings (SSSR count). The Morgan fingerprint density at radius 1 is 1.16 bits per heavy atom. The maximum Gasteiger partial charge on any atom is 0.338 e. The molecule has 0 spiro atoms. The monoisotopic (exact) mass is 260 g/mol. The lowest BCUT2D eigenvalue weighted by atomic mass is 10.3. The minimum Gasteiger partial charge on any atom is -0.494 e. The zero-order valence-corrected chi connectivity index (χ0v) is 10.7. The fourth-order valence-corrected chi connectivity index (χ4v) is 1.91. The first-order valence-corrected chi connectivity index (χ1v) is 6.26. The van der Waals surface area contributed by atoms with E-state index in [1.54, 1.807) is 24.3 Å². The highest BCUT2D eigenvalue weighted by Crippen LogP contribution is 2.06. The van der Waals surface area contributed by atoms with Crippen molar-refractivity contribution in [1.29, 1.82) is 0 Å².